The minimum absolute atomic E-state index is 0.511. The molecule has 1 heterocycles. The van der Waals surface area contributed by atoms with Gasteiger partial charge in [0.2, 0.25) is 0 Å². The van der Waals surface area contributed by atoms with Gasteiger partial charge in [-0.05, 0) is 18.2 Å². The highest BCUT2D eigenvalue weighted by Crippen LogP contribution is 2.33. The van der Waals surface area contributed by atoms with Crippen LogP contribution in [0.2, 0.25) is 5.02 Å². The smallest absolute Gasteiger partial charge is 0.366 e. The van der Waals surface area contributed by atoms with Crippen LogP contribution in [0.15, 0.2) is 18.2 Å². The molecule has 0 aliphatic carbocycles. The number of hydrogen-bond acceptors (Lipinski definition) is 3. The van der Waals surface area contributed by atoms with Crippen molar-refractivity contribution in [3.05, 3.63) is 23.2 Å². The number of aliphatic carboxylic acids is 1. The van der Waals surface area contributed by atoms with Crippen LogP contribution in [-0.4, -0.2) is 17.3 Å². The van der Waals surface area contributed by atoms with Gasteiger partial charge in [-0.25, -0.2) is 4.79 Å². The first kappa shape index (κ1) is 8.19. The third kappa shape index (κ3) is 1.40. The zero-order valence-corrected chi connectivity index (χ0v) is 7.21. The van der Waals surface area contributed by atoms with Gasteiger partial charge >= 0.3 is 5.97 Å². The van der Waals surface area contributed by atoms with Crippen LogP contribution < -0.4 is 10.1 Å². The number of benzene rings is 1. The molecule has 0 bridgehead atoms. The van der Waals surface area contributed by atoms with Crippen molar-refractivity contribution in [3.8, 4) is 5.75 Å². The summed E-state index contributed by atoms with van der Waals surface area (Å²) in [5.74, 6) is -0.538. The SMILES string of the molecule is O=C(O)C1Nc2cc(Cl)ccc2O1. The standard InChI is InChI=1S/C8H6ClNO3/c9-4-1-2-6-5(3-4)10-7(13-6)8(11)12/h1-3,7,10H,(H,11,12). The number of carboxylic acid groups (broad SMARTS) is 1. The minimum atomic E-state index is -1.05. The molecule has 0 saturated carbocycles. The molecular weight excluding hydrogens is 194 g/mol. The zero-order chi connectivity index (χ0) is 9.42. The topological polar surface area (TPSA) is 58.6 Å². The molecule has 4 nitrogen and oxygen atoms in total. The zero-order valence-electron chi connectivity index (χ0n) is 6.45. The number of halogens is 1. The Morgan fingerprint density at radius 3 is 3.08 bits per heavy atom. The summed E-state index contributed by atoms with van der Waals surface area (Å²) in [4.78, 5) is 10.5. The highest BCUT2D eigenvalue weighted by Gasteiger charge is 2.27. The number of rotatable bonds is 1. The molecule has 1 unspecified atom stereocenters. The molecule has 1 aliphatic heterocycles. The van der Waals surface area contributed by atoms with E-state index >= 15 is 0 Å². The molecule has 5 heteroatoms. The molecule has 0 aromatic heterocycles. The second-order valence-corrected chi connectivity index (χ2v) is 3.06. The summed E-state index contributed by atoms with van der Waals surface area (Å²) < 4.78 is 5.05. The molecule has 2 N–H and O–H groups in total. The number of hydrogen-bond donors (Lipinski definition) is 2. The van der Waals surface area contributed by atoms with Gasteiger partial charge in [0.15, 0.2) is 0 Å². The average molecular weight is 200 g/mol. The molecule has 1 atom stereocenters. The van der Waals surface area contributed by atoms with E-state index in [2.05, 4.69) is 5.32 Å². The van der Waals surface area contributed by atoms with Gasteiger partial charge in [-0.1, -0.05) is 11.6 Å². The maximum atomic E-state index is 10.5. The average Bonchev–Trinajstić information content (AvgIpc) is 2.46. The van der Waals surface area contributed by atoms with Crippen LogP contribution >= 0.6 is 11.6 Å². The highest BCUT2D eigenvalue weighted by atomic mass is 35.5. The molecule has 1 aliphatic rings. The largest absolute Gasteiger partial charge is 0.477 e. The van der Waals surface area contributed by atoms with E-state index in [-0.39, 0.29) is 0 Å². The van der Waals surface area contributed by atoms with Gasteiger partial charge in [0, 0.05) is 5.02 Å². The summed E-state index contributed by atoms with van der Waals surface area (Å²) in [7, 11) is 0. The fourth-order valence-corrected chi connectivity index (χ4v) is 1.30. The summed E-state index contributed by atoms with van der Waals surface area (Å²) in [5.41, 5.74) is 0.611. The first-order chi connectivity index (χ1) is 6.16. The van der Waals surface area contributed by atoms with Crippen molar-refractivity contribution in [2.45, 2.75) is 6.23 Å². The van der Waals surface area contributed by atoms with Crippen molar-refractivity contribution in [3.63, 3.8) is 0 Å². The Kier molecular flexibility index (Phi) is 1.77. The van der Waals surface area contributed by atoms with Gasteiger partial charge in [-0.15, -0.1) is 0 Å². The van der Waals surface area contributed by atoms with Crippen molar-refractivity contribution >= 4 is 23.3 Å². The van der Waals surface area contributed by atoms with Crippen LogP contribution in [-0.2, 0) is 4.79 Å². The molecular formula is C8H6ClNO3. The van der Waals surface area contributed by atoms with Crippen molar-refractivity contribution < 1.29 is 14.6 Å². The number of carboxylic acids is 1. The van der Waals surface area contributed by atoms with E-state index in [1.54, 1.807) is 18.2 Å². The lowest BCUT2D eigenvalue weighted by molar-refractivity contribution is -0.143. The van der Waals surface area contributed by atoms with Crippen molar-refractivity contribution in [1.29, 1.82) is 0 Å². The molecule has 0 amide bonds. The lowest BCUT2D eigenvalue weighted by Crippen LogP contribution is -2.29. The Bertz CT molecular complexity index is 366. The second kappa shape index (κ2) is 2.81. The van der Waals surface area contributed by atoms with E-state index in [0.29, 0.717) is 16.5 Å². The Hall–Kier alpha value is -1.42. The molecule has 1 aromatic carbocycles. The summed E-state index contributed by atoms with van der Waals surface area (Å²) >= 11 is 5.71. The summed E-state index contributed by atoms with van der Waals surface area (Å²) in [6.07, 6.45) is -1.01. The fourth-order valence-electron chi connectivity index (χ4n) is 1.13. The third-order valence-electron chi connectivity index (χ3n) is 1.70. The van der Waals surface area contributed by atoms with Crippen LogP contribution in [0, 0.1) is 0 Å². The first-order valence-electron chi connectivity index (χ1n) is 3.62. The lowest BCUT2D eigenvalue weighted by atomic mass is 10.3. The second-order valence-electron chi connectivity index (χ2n) is 2.62. The van der Waals surface area contributed by atoms with E-state index in [1.165, 1.54) is 0 Å². The summed E-state index contributed by atoms with van der Waals surface area (Å²) in [6, 6.07) is 4.90. The molecule has 68 valence electrons. The minimum Gasteiger partial charge on any atom is -0.477 e. The van der Waals surface area contributed by atoms with E-state index in [9.17, 15) is 4.79 Å². The van der Waals surface area contributed by atoms with Gasteiger partial charge < -0.3 is 15.2 Å². The number of ether oxygens (including phenoxy) is 1. The van der Waals surface area contributed by atoms with Gasteiger partial charge in [-0.3, -0.25) is 0 Å². The monoisotopic (exact) mass is 199 g/mol. The van der Waals surface area contributed by atoms with Crippen molar-refractivity contribution in [2.75, 3.05) is 5.32 Å². The molecule has 2 rings (SSSR count). The Balaban J connectivity index is 2.30. The maximum absolute atomic E-state index is 10.5. The molecule has 0 spiro atoms. The molecule has 0 fully saturated rings. The fraction of sp³-hybridized carbons (Fsp3) is 0.125. The number of nitrogens with one attached hydrogen (secondary N) is 1. The van der Waals surface area contributed by atoms with Crippen LogP contribution in [0.25, 0.3) is 0 Å². The quantitative estimate of drug-likeness (QED) is 0.721. The van der Waals surface area contributed by atoms with Crippen molar-refractivity contribution in [1.82, 2.24) is 0 Å². The van der Waals surface area contributed by atoms with Crippen LogP contribution in [0.1, 0.15) is 0 Å². The molecule has 0 saturated heterocycles. The van der Waals surface area contributed by atoms with E-state index in [4.69, 9.17) is 21.4 Å². The Morgan fingerprint density at radius 2 is 2.38 bits per heavy atom. The van der Waals surface area contributed by atoms with E-state index in [1.807, 2.05) is 0 Å². The third-order valence-corrected chi connectivity index (χ3v) is 1.93. The van der Waals surface area contributed by atoms with Crippen molar-refractivity contribution in [2.24, 2.45) is 0 Å². The highest BCUT2D eigenvalue weighted by molar-refractivity contribution is 6.31. The molecule has 0 radical (unpaired) electrons. The van der Waals surface area contributed by atoms with E-state index in [0.717, 1.165) is 0 Å². The van der Waals surface area contributed by atoms with Gasteiger partial charge in [0.25, 0.3) is 6.23 Å². The molecule has 1 aromatic rings. The van der Waals surface area contributed by atoms with Gasteiger partial charge in [0.1, 0.15) is 5.75 Å². The summed E-state index contributed by atoms with van der Waals surface area (Å²) in [6.45, 7) is 0. The Labute approximate surface area is 79.1 Å². The normalized spacial score (nSPS) is 18.7. The van der Waals surface area contributed by atoms with E-state index < -0.39 is 12.2 Å². The maximum Gasteiger partial charge on any atom is 0.366 e. The van der Waals surface area contributed by atoms with Crippen LogP contribution in [0.3, 0.4) is 0 Å². The van der Waals surface area contributed by atoms with Gasteiger partial charge in [-0.2, -0.15) is 0 Å². The molecule has 13 heavy (non-hydrogen) atoms. The predicted molar refractivity (Wildman–Crippen MR) is 47.1 cm³/mol. The summed E-state index contributed by atoms with van der Waals surface area (Å²) in [5, 5.41) is 11.8. The first-order valence-corrected chi connectivity index (χ1v) is 4.00. The number of anilines is 1. The number of fused-ring (bicyclic) bond motifs is 1. The van der Waals surface area contributed by atoms with Crippen LogP contribution in [0.5, 0.6) is 5.75 Å². The van der Waals surface area contributed by atoms with Gasteiger partial charge in [0.05, 0.1) is 5.69 Å². The lowest BCUT2D eigenvalue weighted by Gasteiger charge is -2.03. The Morgan fingerprint density at radius 1 is 1.62 bits per heavy atom. The number of carbonyl (C=O) groups is 1. The van der Waals surface area contributed by atoms with Crippen LogP contribution in [0.4, 0.5) is 5.69 Å². The predicted octanol–water partition coefficient (Wildman–Crippen LogP) is 1.55.